The van der Waals surface area contributed by atoms with Gasteiger partial charge in [0, 0.05) is 23.0 Å². The minimum absolute atomic E-state index is 0.0411. The number of hydrogen-bond acceptors (Lipinski definition) is 3. The van der Waals surface area contributed by atoms with Crippen LogP contribution in [-0.2, 0) is 9.59 Å². The monoisotopic (exact) mass is 450 g/mol. The second kappa shape index (κ2) is 8.19. The molecular weight excluding hydrogens is 416 g/mol. The van der Waals surface area contributed by atoms with E-state index in [2.05, 4.69) is 15.6 Å². The lowest BCUT2D eigenvalue weighted by molar-refractivity contribution is -0.148. The Balaban J connectivity index is 1.31. The van der Waals surface area contributed by atoms with Gasteiger partial charge in [0.1, 0.15) is 6.04 Å². The number of aromatic nitrogens is 2. The summed E-state index contributed by atoms with van der Waals surface area (Å²) in [5.41, 5.74) is 1.55. The van der Waals surface area contributed by atoms with Crippen LogP contribution in [0.4, 0.5) is 5.69 Å². The van der Waals surface area contributed by atoms with Crippen molar-refractivity contribution in [2.75, 3.05) is 5.32 Å². The average molecular weight is 451 g/mol. The van der Waals surface area contributed by atoms with Crippen molar-refractivity contribution in [2.45, 2.75) is 65.3 Å². The lowest BCUT2D eigenvalue weighted by Crippen LogP contribution is -2.57. The average Bonchev–Trinajstić information content (AvgIpc) is 3.08. The fraction of sp³-hybridized carbons (Fsp3) is 0.577. The SMILES string of the molecule is Cc1c[nH]c(=O)n1-c1cccc(NC(=O)[C@H](NC(=O)C23CC4CC(CC(C4)C2)C3)C(C)C)c1. The number of aryl methyl sites for hydroxylation is 1. The number of nitrogens with zero attached hydrogens (tertiary/aromatic N) is 1. The van der Waals surface area contributed by atoms with Crippen molar-refractivity contribution < 1.29 is 9.59 Å². The predicted molar refractivity (Wildman–Crippen MR) is 127 cm³/mol. The zero-order valence-corrected chi connectivity index (χ0v) is 19.7. The van der Waals surface area contributed by atoms with Crippen LogP contribution in [0.25, 0.3) is 5.69 Å². The first kappa shape index (κ1) is 22.0. The Bertz CT molecular complexity index is 1090. The van der Waals surface area contributed by atoms with Crippen LogP contribution in [0.3, 0.4) is 0 Å². The van der Waals surface area contributed by atoms with Crippen molar-refractivity contribution in [3.8, 4) is 5.69 Å². The van der Waals surface area contributed by atoms with Crippen molar-refractivity contribution in [1.82, 2.24) is 14.9 Å². The summed E-state index contributed by atoms with van der Waals surface area (Å²) in [4.78, 5) is 41.6. The molecule has 1 atom stereocenters. The molecule has 6 rings (SSSR count). The van der Waals surface area contributed by atoms with Crippen LogP contribution in [-0.4, -0.2) is 27.4 Å². The number of aromatic amines is 1. The minimum atomic E-state index is -0.606. The molecular formula is C26H34N4O3. The van der Waals surface area contributed by atoms with Gasteiger partial charge in [-0.2, -0.15) is 0 Å². The zero-order chi connectivity index (χ0) is 23.3. The Kier molecular flexibility index (Phi) is 5.46. The molecule has 7 nitrogen and oxygen atoms in total. The Morgan fingerprint density at radius 2 is 1.73 bits per heavy atom. The Morgan fingerprint density at radius 1 is 1.09 bits per heavy atom. The zero-order valence-electron chi connectivity index (χ0n) is 19.7. The fourth-order valence-corrected chi connectivity index (χ4v) is 6.94. The number of imidazole rings is 1. The summed E-state index contributed by atoms with van der Waals surface area (Å²) >= 11 is 0. The summed E-state index contributed by atoms with van der Waals surface area (Å²) in [5.74, 6) is 1.83. The van der Waals surface area contributed by atoms with Gasteiger partial charge in [0.2, 0.25) is 11.8 Å². The predicted octanol–water partition coefficient (Wildman–Crippen LogP) is 3.77. The maximum absolute atomic E-state index is 13.5. The third-order valence-electron chi connectivity index (χ3n) is 8.09. The number of hydrogen-bond donors (Lipinski definition) is 3. The van der Waals surface area contributed by atoms with Crippen molar-refractivity contribution in [3.63, 3.8) is 0 Å². The first-order chi connectivity index (χ1) is 15.7. The van der Waals surface area contributed by atoms with E-state index >= 15 is 0 Å². The van der Waals surface area contributed by atoms with E-state index in [4.69, 9.17) is 0 Å². The van der Waals surface area contributed by atoms with Gasteiger partial charge in [-0.25, -0.2) is 4.79 Å². The lowest BCUT2D eigenvalue weighted by atomic mass is 9.49. The first-order valence-corrected chi connectivity index (χ1v) is 12.2. The van der Waals surface area contributed by atoms with Gasteiger partial charge < -0.3 is 15.6 Å². The number of carbonyl (C=O) groups excluding carboxylic acids is 2. The van der Waals surface area contributed by atoms with Crippen LogP contribution in [0.1, 0.15) is 58.1 Å². The van der Waals surface area contributed by atoms with Gasteiger partial charge in [-0.3, -0.25) is 14.2 Å². The van der Waals surface area contributed by atoms with Crippen molar-refractivity contribution in [2.24, 2.45) is 29.1 Å². The van der Waals surface area contributed by atoms with Gasteiger partial charge in [-0.1, -0.05) is 19.9 Å². The van der Waals surface area contributed by atoms with E-state index in [0.717, 1.165) is 25.0 Å². The number of benzene rings is 1. The van der Waals surface area contributed by atoms with Crippen LogP contribution in [0, 0.1) is 36.0 Å². The van der Waals surface area contributed by atoms with Crippen LogP contribution in [0.2, 0.25) is 0 Å². The maximum Gasteiger partial charge on any atom is 0.330 e. The van der Waals surface area contributed by atoms with Crippen molar-refractivity contribution in [1.29, 1.82) is 0 Å². The molecule has 1 heterocycles. The molecule has 4 aliphatic rings. The van der Waals surface area contributed by atoms with E-state index in [0.29, 0.717) is 29.1 Å². The number of amides is 2. The highest BCUT2D eigenvalue weighted by Crippen LogP contribution is 2.60. The molecule has 2 amide bonds. The molecule has 0 saturated heterocycles. The molecule has 0 spiro atoms. The van der Waals surface area contributed by atoms with Gasteiger partial charge >= 0.3 is 5.69 Å². The highest BCUT2D eigenvalue weighted by molar-refractivity contribution is 5.98. The molecule has 33 heavy (non-hydrogen) atoms. The van der Waals surface area contributed by atoms with Gasteiger partial charge in [-0.05, 0) is 87.3 Å². The molecule has 4 aliphatic carbocycles. The molecule has 1 aromatic carbocycles. The van der Waals surface area contributed by atoms with Gasteiger partial charge in [-0.15, -0.1) is 0 Å². The normalized spacial score (nSPS) is 28.7. The summed E-state index contributed by atoms with van der Waals surface area (Å²) in [7, 11) is 0. The van der Waals surface area contributed by atoms with E-state index in [-0.39, 0.29) is 28.8 Å². The van der Waals surface area contributed by atoms with Crippen LogP contribution < -0.4 is 16.3 Å². The van der Waals surface area contributed by atoms with Crippen LogP contribution in [0.5, 0.6) is 0 Å². The number of H-pyrrole nitrogens is 1. The van der Waals surface area contributed by atoms with Crippen LogP contribution in [0.15, 0.2) is 35.3 Å². The molecule has 176 valence electrons. The van der Waals surface area contributed by atoms with Crippen LogP contribution >= 0.6 is 0 Å². The van der Waals surface area contributed by atoms with Crippen molar-refractivity contribution >= 4 is 17.5 Å². The highest BCUT2D eigenvalue weighted by Gasteiger charge is 2.55. The summed E-state index contributed by atoms with van der Waals surface area (Å²) in [6.45, 7) is 5.77. The molecule has 4 bridgehead atoms. The van der Waals surface area contributed by atoms with E-state index in [1.165, 1.54) is 19.3 Å². The molecule has 0 unspecified atom stereocenters. The Morgan fingerprint density at radius 3 is 2.27 bits per heavy atom. The molecule has 0 radical (unpaired) electrons. The molecule has 4 fully saturated rings. The third kappa shape index (κ3) is 4.02. The molecule has 0 aliphatic heterocycles. The molecule has 3 N–H and O–H groups in total. The molecule has 1 aromatic heterocycles. The number of rotatable bonds is 6. The van der Waals surface area contributed by atoms with E-state index in [1.807, 2.05) is 32.9 Å². The lowest BCUT2D eigenvalue weighted by Gasteiger charge is -2.55. The van der Waals surface area contributed by atoms with E-state index in [9.17, 15) is 14.4 Å². The standard InChI is InChI=1S/C26H34N4O3/c1-15(2)22(29-24(32)26-11-17-7-18(12-26)9-19(8-17)13-26)23(31)28-20-5-4-6-21(10-20)30-16(3)14-27-25(30)33/h4-6,10,14-15,17-19,22H,7-9,11-13H2,1-3H3,(H,27,33)(H,28,31)(H,29,32)/t17?,18?,19?,22-,26?/m1/s1. The Labute approximate surface area is 194 Å². The first-order valence-electron chi connectivity index (χ1n) is 12.2. The Hall–Kier alpha value is -2.83. The van der Waals surface area contributed by atoms with Gasteiger partial charge in [0.15, 0.2) is 0 Å². The third-order valence-corrected chi connectivity index (χ3v) is 8.09. The van der Waals surface area contributed by atoms with E-state index in [1.54, 1.807) is 22.9 Å². The molecule has 7 heteroatoms. The largest absolute Gasteiger partial charge is 0.344 e. The minimum Gasteiger partial charge on any atom is -0.344 e. The van der Waals surface area contributed by atoms with Gasteiger partial charge in [0.25, 0.3) is 0 Å². The van der Waals surface area contributed by atoms with Crippen molar-refractivity contribution in [3.05, 3.63) is 46.6 Å². The smallest absolute Gasteiger partial charge is 0.330 e. The number of anilines is 1. The molecule has 2 aromatic rings. The fourth-order valence-electron chi connectivity index (χ4n) is 6.94. The quantitative estimate of drug-likeness (QED) is 0.625. The second-order valence-corrected chi connectivity index (χ2v) is 11.0. The number of nitrogens with one attached hydrogen (secondary N) is 3. The second-order valence-electron chi connectivity index (χ2n) is 11.0. The topological polar surface area (TPSA) is 96.0 Å². The van der Waals surface area contributed by atoms with Gasteiger partial charge in [0.05, 0.1) is 5.69 Å². The molecule has 4 saturated carbocycles. The highest BCUT2D eigenvalue weighted by atomic mass is 16.2. The van der Waals surface area contributed by atoms with E-state index < -0.39 is 6.04 Å². The maximum atomic E-state index is 13.5. The summed E-state index contributed by atoms with van der Waals surface area (Å²) in [5, 5.41) is 6.11. The summed E-state index contributed by atoms with van der Waals surface area (Å²) < 4.78 is 1.56. The summed E-state index contributed by atoms with van der Waals surface area (Å²) in [6.07, 6.45) is 8.42. The summed E-state index contributed by atoms with van der Waals surface area (Å²) in [6, 6.07) is 6.60. The number of carbonyl (C=O) groups is 2.